The first-order valence-corrected chi connectivity index (χ1v) is 9.01. The second-order valence-corrected chi connectivity index (χ2v) is 6.72. The molecule has 1 aromatic carbocycles. The van der Waals surface area contributed by atoms with Crippen molar-refractivity contribution in [3.05, 3.63) is 60.2 Å². The minimum absolute atomic E-state index is 0.526. The summed E-state index contributed by atoms with van der Waals surface area (Å²) in [6.07, 6.45) is 3.50. The lowest BCUT2D eigenvalue weighted by atomic mass is 10.1. The van der Waals surface area contributed by atoms with Crippen LogP contribution in [0.4, 0.5) is 0 Å². The van der Waals surface area contributed by atoms with Gasteiger partial charge in [-0.05, 0) is 19.1 Å². The van der Waals surface area contributed by atoms with Crippen LogP contribution in [0.2, 0.25) is 0 Å². The van der Waals surface area contributed by atoms with Crippen molar-refractivity contribution < 1.29 is 4.52 Å². The zero-order chi connectivity index (χ0) is 17.9. The van der Waals surface area contributed by atoms with E-state index in [2.05, 4.69) is 25.3 Å². The highest BCUT2D eigenvalue weighted by Gasteiger charge is 2.14. The molecule has 0 aliphatic heterocycles. The summed E-state index contributed by atoms with van der Waals surface area (Å²) >= 11 is 1.50. The first-order chi connectivity index (χ1) is 12.7. The van der Waals surface area contributed by atoms with Crippen LogP contribution in [0.5, 0.6) is 0 Å². The van der Waals surface area contributed by atoms with Gasteiger partial charge >= 0.3 is 0 Å². The fraction of sp³-hybridized carbons (Fsp3) is 0.167. The average molecular weight is 364 g/mol. The lowest BCUT2D eigenvalue weighted by molar-refractivity contribution is 0.391. The van der Waals surface area contributed by atoms with Gasteiger partial charge in [-0.3, -0.25) is 4.98 Å². The summed E-state index contributed by atoms with van der Waals surface area (Å²) in [5, 5.41) is 13.3. The Morgan fingerprint density at radius 3 is 2.69 bits per heavy atom. The third-order valence-electron chi connectivity index (χ3n) is 3.86. The second-order valence-electron chi connectivity index (χ2n) is 5.77. The van der Waals surface area contributed by atoms with Crippen molar-refractivity contribution in [1.82, 2.24) is 29.9 Å². The Hall–Kier alpha value is -3.00. The predicted octanol–water partition coefficient (Wildman–Crippen LogP) is 3.53. The predicted molar refractivity (Wildman–Crippen MR) is 98.3 cm³/mol. The number of aromatic nitrogens is 6. The van der Waals surface area contributed by atoms with Crippen LogP contribution >= 0.6 is 11.8 Å². The van der Waals surface area contributed by atoms with Crippen molar-refractivity contribution in [2.75, 3.05) is 0 Å². The van der Waals surface area contributed by atoms with Crippen LogP contribution in [0.3, 0.4) is 0 Å². The minimum atomic E-state index is 0.526. The third-order valence-corrected chi connectivity index (χ3v) is 4.86. The Morgan fingerprint density at radius 1 is 1.08 bits per heavy atom. The van der Waals surface area contributed by atoms with Gasteiger partial charge in [-0.1, -0.05) is 46.7 Å². The summed E-state index contributed by atoms with van der Waals surface area (Å²) < 4.78 is 7.28. The molecule has 3 aromatic heterocycles. The molecule has 0 atom stereocenters. The summed E-state index contributed by atoms with van der Waals surface area (Å²) in [4.78, 5) is 8.57. The van der Waals surface area contributed by atoms with E-state index in [0.717, 1.165) is 22.1 Å². The highest BCUT2D eigenvalue weighted by molar-refractivity contribution is 7.98. The smallest absolute Gasteiger partial charge is 0.237 e. The van der Waals surface area contributed by atoms with E-state index in [4.69, 9.17) is 4.52 Å². The third kappa shape index (κ3) is 3.36. The lowest BCUT2D eigenvalue weighted by Crippen LogP contribution is -1.95. The Bertz CT molecular complexity index is 1010. The Balaban J connectivity index is 1.47. The molecular weight excluding hydrogens is 348 g/mol. The van der Waals surface area contributed by atoms with Crippen LogP contribution < -0.4 is 0 Å². The molecule has 0 saturated heterocycles. The number of benzene rings is 1. The molecule has 0 radical (unpaired) electrons. The summed E-state index contributed by atoms with van der Waals surface area (Å²) in [7, 11) is 1.93. The van der Waals surface area contributed by atoms with Crippen LogP contribution in [0.15, 0.2) is 58.5 Å². The number of hydrogen-bond acceptors (Lipinski definition) is 7. The molecule has 4 aromatic rings. The van der Waals surface area contributed by atoms with Gasteiger partial charge in [0.15, 0.2) is 11.0 Å². The number of hydrogen-bond donors (Lipinski definition) is 0. The molecular formula is C18H16N6OS. The molecule has 0 amide bonds. The topological polar surface area (TPSA) is 82.5 Å². The molecule has 130 valence electrons. The maximum atomic E-state index is 5.35. The standard InChI is InChI=1S/C18H16N6OS/c1-12-5-7-13(8-6-12)16-20-15(25-23-16)11-26-18-22-21-17(24(18)2)14-4-3-9-19-10-14/h3-10H,11H2,1-2H3. The molecule has 26 heavy (non-hydrogen) atoms. The van der Waals surface area contributed by atoms with Crippen molar-refractivity contribution >= 4 is 11.8 Å². The largest absolute Gasteiger partial charge is 0.338 e. The molecule has 0 bridgehead atoms. The Kier molecular flexibility index (Phi) is 4.49. The zero-order valence-corrected chi connectivity index (χ0v) is 15.1. The maximum Gasteiger partial charge on any atom is 0.237 e. The highest BCUT2D eigenvalue weighted by Crippen LogP contribution is 2.25. The van der Waals surface area contributed by atoms with E-state index in [0.29, 0.717) is 17.5 Å². The number of rotatable bonds is 5. The van der Waals surface area contributed by atoms with E-state index >= 15 is 0 Å². The second kappa shape index (κ2) is 7.09. The number of thioether (sulfide) groups is 1. The number of nitrogens with zero attached hydrogens (tertiary/aromatic N) is 6. The number of pyridine rings is 1. The van der Waals surface area contributed by atoms with E-state index in [1.807, 2.05) is 54.9 Å². The lowest BCUT2D eigenvalue weighted by Gasteiger charge is -2.02. The van der Waals surface area contributed by atoms with E-state index in [1.165, 1.54) is 17.3 Å². The van der Waals surface area contributed by atoms with Gasteiger partial charge in [-0.25, -0.2) is 0 Å². The zero-order valence-electron chi connectivity index (χ0n) is 14.3. The van der Waals surface area contributed by atoms with E-state index in [-0.39, 0.29) is 0 Å². The summed E-state index contributed by atoms with van der Waals surface area (Å²) in [5.41, 5.74) is 3.06. The Labute approximate surface area is 154 Å². The summed E-state index contributed by atoms with van der Waals surface area (Å²) in [6.45, 7) is 2.04. The highest BCUT2D eigenvalue weighted by atomic mass is 32.2. The van der Waals surface area contributed by atoms with Gasteiger partial charge in [0.05, 0.1) is 5.75 Å². The van der Waals surface area contributed by atoms with Crippen molar-refractivity contribution in [2.24, 2.45) is 7.05 Å². The molecule has 0 unspecified atom stereocenters. The van der Waals surface area contributed by atoms with Crippen LogP contribution in [0.1, 0.15) is 11.5 Å². The molecule has 0 N–H and O–H groups in total. The normalized spacial score (nSPS) is 11.0. The molecule has 4 rings (SSSR count). The molecule has 0 fully saturated rings. The molecule has 8 heteroatoms. The fourth-order valence-corrected chi connectivity index (χ4v) is 3.20. The van der Waals surface area contributed by atoms with Crippen LogP contribution in [0.25, 0.3) is 22.8 Å². The summed E-state index contributed by atoms with van der Waals surface area (Å²) in [6, 6.07) is 11.9. The minimum Gasteiger partial charge on any atom is -0.338 e. The first-order valence-electron chi connectivity index (χ1n) is 8.03. The molecule has 0 spiro atoms. The quantitative estimate of drug-likeness (QED) is 0.501. The van der Waals surface area contributed by atoms with E-state index < -0.39 is 0 Å². The fourth-order valence-electron chi connectivity index (χ4n) is 2.45. The molecule has 0 aliphatic rings. The SMILES string of the molecule is Cc1ccc(-c2noc(CSc3nnc(-c4cccnc4)n3C)n2)cc1. The van der Waals surface area contributed by atoms with Crippen molar-refractivity contribution in [3.63, 3.8) is 0 Å². The Morgan fingerprint density at radius 2 is 1.92 bits per heavy atom. The van der Waals surface area contributed by atoms with Crippen LogP contribution in [-0.2, 0) is 12.8 Å². The van der Waals surface area contributed by atoms with Crippen LogP contribution in [0, 0.1) is 6.92 Å². The van der Waals surface area contributed by atoms with Gasteiger partial charge in [0, 0.05) is 30.6 Å². The number of aryl methyl sites for hydroxylation is 1. The van der Waals surface area contributed by atoms with E-state index in [1.54, 1.807) is 12.4 Å². The van der Waals surface area contributed by atoms with Gasteiger partial charge in [0.25, 0.3) is 0 Å². The summed E-state index contributed by atoms with van der Waals surface area (Å²) in [5.74, 6) is 2.44. The van der Waals surface area contributed by atoms with E-state index in [9.17, 15) is 0 Å². The van der Waals surface area contributed by atoms with Crippen molar-refractivity contribution in [1.29, 1.82) is 0 Å². The van der Waals surface area contributed by atoms with Gasteiger partial charge in [-0.15, -0.1) is 10.2 Å². The van der Waals surface area contributed by atoms with Gasteiger partial charge in [0.1, 0.15) is 0 Å². The molecule has 3 heterocycles. The first kappa shape index (κ1) is 16.5. The molecule has 0 saturated carbocycles. The monoisotopic (exact) mass is 364 g/mol. The molecule has 0 aliphatic carbocycles. The average Bonchev–Trinajstić information content (AvgIpc) is 3.28. The van der Waals surface area contributed by atoms with Gasteiger partial charge in [-0.2, -0.15) is 4.98 Å². The van der Waals surface area contributed by atoms with Gasteiger partial charge < -0.3 is 9.09 Å². The molecule has 7 nitrogen and oxygen atoms in total. The van der Waals surface area contributed by atoms with Gasteiger partial charge in [0.2, 0.25) is 11.7 Å². The van der Waals surface area contributed by atoms with Crippen molar-refractivity contribution in [2.45, 2.75) is 17.8 Å². The van der Waals surface area contributed by atoms with Crippen molar-refractivity contribution in [3.8, 4) is 22.8 Å². The van der Waals surface area contributed by atoms with Crippen LogP contribution in [-0.4, -0.2) is 29.9 Å². The maximum absolute atomic E-state index is 5.35.